The number of nitrogens with one attached hydrogen (secondary N) is 2. The Morgan fingerprint density at radius 3 is 2.82 bits per heavy atom. The SMILES string of the molecule is CN(C)CCCNc1cnc(C(=O)NCc2ccco2)cn1. The normalized spacial score (nSPS) is 10.7. The Kier molecular flexibility index (Phi) is 5.91. The predicted octanol–water partition coefficient (Wildman–Crippen LogP) is 1.36. The molecule has 0 aliphatic carbocycles. The molecule has 0 aliphatic rings. The average molecular weight is 303 g/mol. The van der Waals surface area contributed by atoms with E-state index in [2.05, 4.69) is 25.5 Å². The molecule has 2 heterocycles. The minimum atomic E-state index is -0.275. The van der Waals surface area contributed by atoms with Gasteiger partial charge < -0.3 is 20.0 Å². The van der Waals surface area contributed by atoms with Crippen LogP contribution in [0.15, 0.2) is 35.2 Å². The Morgan fingerprint density at radius 2 is 2.18 bits per heavy atom. The van der Waals surface area contributed by atoms with E-state index in [1.54, 1.807) is 24.6 Å². The summed E-state index contributed by atoms with van der Waals surface area (Å²) in [4.78, 5) is 22.3. The molecule has 0 bridgehead atoms. The molecule has 0 radical (unpaired) electrons. The summed E-state index contributed by atoms with van der Waals surface area (Å²) >= 11 is 0. The number of hydrogen-bond donors (Lipinski definition) is 2. The van der Waals surface area contributed by atoms with Crippen LogP contribution in [0.1, 0.15) is 22.7 Å². The molecule has 0 unspecified atom stereocenters. The Balaban J connectivity index is 1.76. The third-order valence-corrected chi connectivity index (χ3v) is 2.98. The van der Waals surface area contributed by atoms with Gasteiger partial charge in [0, 0.05) is 6.54 Å². The van der Waals surface area contributed by atoms with Crippen molar-refractivity contribution >= 4 is 11.7 Å². The lowest BCUT2D eigenvalue weighted by Crippen LogP contribution is -2.24. The Morgan fingerprint density at radius 1 is 1.32 bits per heavy atom. The van der Waals surface area contributed by atoms with Crippen molar-refractivity contribution in [2.75, 3.05) is 32.5 Å². The van der Waals surface area contributed by atoms with E-state index in [9.17, 15) is 4.79 Å². The van der Waals surface area contributed by atoms with E-state index in [0.717, 1.165) is 19.5 Å². The molecular formula is C15H21N5O2. The first-order valence-electron chi connectivity index (χ1n) is 7.16. The van der Waals surface area contributed by atoms with Crippen LogP contribution >= 0.6 is 0 Å². The molecular weight excluding hydrogens is 282 g/mol. The van der Waals surface area contributed by atoms with E-state index >= 15 is 0 Å². The number of anilines is 1. The molecule has 2 rings (SSSR count). The highest BCUT2D eigenvalue weighted by Gasteiger charge is 2.08. The van der Waals surface area contributed by atoms with Crippen molar-refractivity contribution in [3.8, 4) is 0 Å². The monoisotopic (exact) mass is 303 g/mol. The van der Waals surface area contributed by atoms with Gasteiger partial charge in [0.15, 0.2) is 0 Å². The minimum Gasteiger partial charge on any atom is -0.467 e. The highest BCUT2D eigenvalue weighted by Crippen LogP contribution is 2.03. The summed E-state index contributed by atoms with van der Waals surface area (Å²) < 4.78 is 5.15. The van der Waals surface area contributed by atoms with E-state index in [1.165, 1.54) is 6.20 Å². The number of carbonyl (C=O) groups is 1. The fourth-order valence-corrected chi connectivity index (χ4v) is 1.82. The predicted molar refractivity (Wildman–Crippen MR) is 83.6 cm³/mol. The Bertz CT molecular complexity index is 566. The molecule has 7 nitrogen and oxygen atoms in total. The van der Waals surface area contributed by atoms with Crippen LogP contribution in [0.2, 0.25) is 0 Å². The van der Waals surface area contributed by atoms with E-state index in [0.29, 0.717) is 18.1 Å². The van der Waals surface area contributed by atoms with E-state index in [1.807, 2.05) is 14.1 Å². The van der Waals surface area contributed by atoms with Crippen molar-refractivity contribution in [1.82, 2.24) is 20.2 Å². The molecule has 1 amide bonds. The van der Waals surface area contributed by atoms with Crippen LogP contribution in [0, 0.1) is 0 Å². The molecule has 22 heavy (non-hydrogen) atoms. The summed E-state index contributed by atoms with van der Waals surface area (Å²) in [6.07, 6.45) is 5.61. The quantitative estimate of drug-likeness (QED) is 0.717. The van der Waals surface area contributed by atoms with Crippen molar-refractivity contribution in [2.45, 2.75) is 13.0 Å². The van der Waals surface area contributed by atoms with Gasteiger partial charge in [-0.1, -0.05) is 0 Å². The number of furan rings is 1. The molecule has 0 spiro atoms. The molecule has 2 N–H and O–H groups in total. The Hall–Kier alpha value is -2.41. The van der Waals surface area contributed by atoms with Gasteiger partial charge in [-0.15, -0.1) is 0 Å². The summed E-state index contributed by atoms with van der Waals surface area (Å²) in [6, 6.07) is 3.57. The highest BCUT2D eigenvalue weighted by molar-refractivity contribution is 5.91. The van der Waals surface area contributed by atoms with E-state index in [4.69, 9.17) is 4.42 Å². The van der Waals surface area contributed by atoms with Gasteiger partial charge in [0.2, 0.25) is 0 Å². The number of amides is 1. The number of nitrogens with zero attached hydrogens (tertiary/aromatic N) is 3. The third-order valence-electron chi connectivity index (χ3n) is 2.98. The average Bonchev–Trinajstić information content (AvgIpc) is 3.03. The summed E-state index contributed by atoms with van der Waals surface area (Å²) in [5.41, 5.74) is 0.283. The fourth-order valence-electron chi connectivity index (χ4n) is 1.82. The van der Waals surface area contributed by atoms with Gasteiger partial charge in [-0.25, -0.2) is 9.97 Å². The zero-order valence-electron chi connectivity index (χ0n) is 12.9. The molecule has 2 aromatic rings. The first-order chi connectivity index (χ1) is 10.6. The van der Waals surface area contributed by atoms with Crippen molar-refractivity contribution < 1.29 is 9.21 Å². The first kappa shape index (κ1) is 16.0. The van der Waals surface area contributed by atoms with Crippen molar-refractivity contribution in [1.29, 1.82) is 0 Å². The number of aromatic nitrogens is 2. The molecule has 118 valence electrons. The zero-order chi connectivity index (χ0) is 15.8. The number of carbonyl (C=O) groups excluding carboxylic acids is 1. The van der Waals surface area contributed by atoms with Crippen LogP contribution in [0.5, 0.6) is 0 Å². The Labute approximate surface area is 129 Å². The lowest BCUT2D eigenvalue weighted by molar-refractivity contribution is 0.0942. The van der Waals surface area contributed by atoms with E-state index in [-0.39, 0.29) is 11.6 Å². The summed E-state index contributed by atoms with van der Waals surface area (Å²) in [5.74, 6) is 1.09. The summed E-state index contributed by atoms with van der Waals surface area (Å²) in [7, 11) is 4.08. The maximum absolute atomic E-state index is 11.9. The molecule has 0 saturated heterocycles. The standard InChI is InChI=1S/C15H21N5O2/c1-20(2)7-4-6-16-14-11-17-13(10-18-14)15(21)19-9-12-5-3-8-22-12/h3,5,8,10-11H,4,6-7,9H2,1-2H3,(H,16,18)(H,19,21). The maximum atomic E-state index is 11.9. The maximum Gasteiger partial charge on any atom is 0.271 e. The van der Waals surface area contributed by atoms with Crippen LogP contribution in [0.4, 0.5) is 5.82 Å². The molecule has 0 aliphatic heterocycles. The number of hydrogen-bond acceptors (Lipinski definition) is 6. The molecule has 0 fully saturated rings. The van der Waals surface area contributed by atoms with Crippen LogP contribution in [-0.4, -0.2) is 48.0 Å². The van der Waals surface area contributed by atoms with Gasteiger partial charge in [-0.2, -0.15) is 0 Å². The molecule has 7 heteroatoms. The smallest absolute Gasteiger partial charge is 0.271 e. The fraction of sp³-hybridized carbons (Fsp3) is 0.400. The lowest BCUT2D eigenvalue weighted by atomic mass is 10.4. The van der Waals surface area contributed by atoms with Gasteiger partial charge in [0.1, 0.15) is 17.3 Å². The van der Waals surface area contributed by atoms with Crippen LogP contribution in [0.3, 0.4) is 0 Å². The molecule has 0 atom stereocenters. The minimum absolute atomic E-state index is 0.275. The van der Waals surface area contributed by atoms with Gasteiger partial charge in [-0.3, -0.25) is 4.79 Å². The van der Waals surface area contributed by atoms with Crippen molar-refractivity contribution in [3.63, 3.8) is 0 Å². The van der Waals surface area contributed by atoms with E-state index < -0.39 is 0 Å². The second-order valence-corrected chi connectivity index (χ2v) is 5.13. The van der Waals surface area contributed by atoms with Crippen molar-refractivity contribution in [2.24, 2.45) is 0 Å². The van der Waals surface area contributed by atoms with Crippen LogP contribution in [0.25, 0.3) is 0 Å². The van der Waals surface area contributed by atoms with Crippen LogP contribution in [-0.2, 0) is 6.54 Å². The second-order valence-electron chi connectivity index (χ2n) is 5.13. The first-order valence-corrected chi connectivity index (χ1v) is 7.16. The molecule has 2 aromatic heterocycles. The van der Waals surface area contributed by atoms with Gasteiger partial charge >= 0.3 is 0 Å². The van der Waals surface area contributed by atoms with Gasteiger partial charge in [0.05, 0.1) is 25.2 Å². The second kappa shape index (κ2) is 8.14. The summed E-state index contributed by atoms with van der Waals surface area (Å²) in [5, 5.41) is 5.90. The third kappa shape index (κ3) is 5.17. The topological polar surface area (TPSA) is 83.3 Å². The van der Waals surface area contributed by atoms with Gasteiger partial charge in [0.25, 0.3) is 5.91 Å². The number of rotatable bonds is 8. The van der Waals surface area contributed by atoms with Crippen molar-refractivity contribution in [3.05, 3.63) is 42.2 Å². The van der Waals surface area contributed by atoms with Gasteiger partial charge in [-0.05, 0) is 39.2 Å². The molecule has 0 saturated carbocycles. The van der Waals surface area contributed by atoms with Crippen LogP contribution < -0.4 is 10.6 Å². The highest BCUT2D eigenvalue weighted by atomic mass is 16.3. The molecule has 0 aromatic carbocycles. The zero-order valence-corrected chi connectivity index (χ0v) is 12.9. The largest absolute Gasteiger partial charge is 0.467 e. The lowest BCUT2D eigenvalue weighted by Gasteiger charge is -2.10. The summed E-state index contributed by atoms with van der Waals surface area (Å²) in [6.45, 7) is 2.16.